The van der Waals surface area contributed by atoms with Gasteiger partial charge in [0.15, 0.2) is 5.67 Å². The van der Waals surface area contributed by atoms with Crippen LogP contribution in [0.4, 0.5) is 13.2 Å². The Kier molecular flexibility index (Phi) is 3.97. The average molecular weight is 368 g/mol. The second kappa shape index (κ2) is 5.36. The first-order valence-corrected chi connectivity index (χ1v) is 9.26. The quantitative estimate of drug-likeness (QED) is 0.816. The van der Waals surface area contributed by atoms with Crippen LogP contribution < -0.4 is 0 Å². The summed E-state index contributed by atoms with van der Waals surface area (Å²) in [5.74, 6) is -5.42. The van der Waals surface area contributed by atoms with E-state index in [1.54, 1.807) is 12.1 Å². The second-order valence-corrected chi connectivity index (χ2v) is 8.54. The van der Waals surface area contributed by atoms with Crippen LogP contribution in [-0.2, 0) is 10.0 Å². The van der Waals surface area contributed by atoms with Crippen LogP contribution in [0.5, 0.6) is 0 Å². The van der Waals surface area contributed by atoms with Crippen molar-refractivity contribution >= 4 is 21.6 Å². The number of rotatable bonds is 3. The van der Waals surface area contributed by atoms with E-state index in [1.807, 2.05) is 0 Å². The molecule has 1 aliphatic carbocycles. The van der Waals surface area contributed by atoms with E-state index in [2.05, 4.69) is 0 Å². The Morgan fingerprint density at radius 3 is 2.17 bits per heavy atom. The molecule has 8 heteroatoms. The van der Waals surface area contributed by atoms with Crippen molar-refractivity contribution in [2.75, 3.05) is 13.1 Å². The van der Waals surface area contributed by atoms with Crippen LogP contribution in [0.3, 0.4) is 0 Å². The van der Waals surface area contributed by atoms with Crippen LogP contribution in [0.1, 0.15) is 19.8 Å². The summed E-state index contributed by atoms with van der Waals surface area (Å²) in [6.45, 7) is 1.24. The van der Waals surface area contributed by atoms with Crippen LogP contribution in [0.2, 0.25) is 5.02 Å². The third kappa shape index (κ3) is 2.39. The molecule has 0 amide bonds. The summed E-state index contributed by atoms with van der Waals surface area (Å²) in [5, 5.41) is 0.110. The highest BCUT2D eigenvalue weighted by Gasteiger charge is 2.82. The van der Waals surface area contributed by atoms with Gasteiger partial charge in [0.05, 0.1) is 10.9 Å². The number of piperidine rings is 1. The highest BCUT2D eigenvalue weighted by atomic mass is 35.5. The van der Waals surface area contributed by atoms with Crippen molar-refractivity contribution in [2.24, 2.45) is 11.8 Å². The Labute approximate surface area is 138 Å². The Bertz CT molecular complexity index is 719. The van der Waals surface area contributed by atoms with Gasteiger partial charge in [-0.1, -0.05) is 30.7 Å². The number of hydrogen-bond donors (Lipinski definition) is 0. The van der Waals surface area contributed by atoms with Gasteiger partial charge in [-0.3, -0.25) is 0 Å². The lowest BCUT2D eigenvalue weighted by atomic mass is 9.90. The molecule has 0 bridgehead atoms. The lowest BCUT2D eigenvalue weighted by Crippen LogP contribution is -2.42. The molecule has 2 aliphatic rings. The molecule has 2 unspecified atom stereocenters. The summed E-state index contributed by atoms with van der Waals surface area (Å²) in [6, 6.07) is 6.06. The van der Waals surface area contributed by atoms with E-state index in [9.17, 15) is 21.6 Å². The highest BCUT2D eigenvalue weighted by molar-refractivity contribution is 7.89. The van der Waals surface area contributed by atoms with Crippen LogP contribution in [0, 0.1) is 11.8 Å². The van der Waals surface area contributed by atoms with Crippen molar-refractivity contribution < 1.29 is 21.6 Å². The summed E-state index contributed by atoms with van der Waals surface area (Å²) in [6.07, 6.45) is 0.167. The summed E-state index contributed by atoms with van der Waals surface area (Å²) in [5.41, 5.74) is -2.49. The topological polar surface area (TPSA) is 37.4 Å². The zero-order chi connectivity index (χ0) is 17.0. The summed E-state index contributed by atoms with van der Waals surface area (Å²) >= 11 is 5.93. The minimum atomic E-state index is -3.79. The van der Waals surface area contributed by atoms with Crippen LogP contribution in [0.25, 0.3) is 0 Å². The van der Waals surface area contributed by atoms with E-state index >= 15 is 0 Å². The molecule has 2 fully saturated rings. The van der Waals surface area contributed by atoms with Gasteiger partial charge in [-0.2, -0.15) is 4.31 Å². The number of nitrogens with zero attached hydrogens (tertiary/aromatic N) is 1. The SMILES string of the molecule is CC1C(F)(F)C1(F)C1CCN(S(=O)(=O)c2ccccc2Cl)CC1. The summed E-state index contributed by atoms with van der Waals surface area (Å²) < 4.78 is 67.7. The smallest absolute Gasteiger partial charge is 0.236 e. The number of halogens is 4. The van der Waals surface area contributed by atoms with Crippen molar-refractivity contribution in [1.82, 2.24) is 4.31 Å². The molecule has 0 aromatic heterocycles. The molecule has 2 atom stereocenters. The van der Waals surface area contributed by atoms with E-state index in [-0.39, 0.29) is 35.8 Å². The maximum absolute atomic E-state index is 14.4. The first kappa shape index (κ1) is 17.0. The molecule has 128 valence electrons. The molecule has 1 aliphatic heterocycles. The minimum absolute atomic E-state index is 0.0137. The van der Waals surface area contributed by atoms with Crippen molar-refractivity contribution in [1.29, 1.82) is 0 Å². The molecule has 23 heavy (non-hydrogen) atoms. The van der Waals surface area contributed by atoms with E-state index in [0.29, 0.717) is 0 Å². The van der Waals surface area contributed by atoms with Gasteiger partial charge in [-0.25, -0.2) is 21.6 Å². The van der Waals surface area contributed by atoms with Crippen molar-refractivity contribution in [3.8, 4) is 0 Å². The molecule has 1 heterocycles. The van der Waals surface area contributed by atoms with E-state index in [4.69, 9.17) is 11.6 Å². The molecule has 1 saturated carbocycles. The maximum atomic E-state index is 14.4. The van der Waals surface area contributed by atoms with Crippen molar-refractivity contribution in [3.05, 3.63) is 29.3 Å². The molecule has 1 saturated heterocycles. The fraction of sp³-hybridized carbons (Fsp3) is 0.600. The first-order chi connectivity index (χ1) is 10.6. The van der Waals surface area contributed by atoms with Gasteiger partial charge in [0.1, 0.15) is 4.90 Å². The van der Waals surface area contributed by atoms with Gasteiger partial charge < -0.3 is 0 Å². The molecule has 0 spiro atoms. The van der Waals surface area contributed by atoms with E-state index < -0.39 is 33.5 Å². The normalized spacial score (nSPS) is 32.0. The summed E-state index contributed by atoms with van der Waals surface area (Å²) in [4.78, 5) is -0.0137. The molecule has 1 aromatic rings. The lowest BCUT2D eigenvalue weighted by Gasteiger charge is -2.33. The van der Waals surface area contributed by atoms with Gasteiger partial charge in [-0.15, -0.1) is 0 Å². The first-order valence-electron chi connectivity index (χ1n) is 7.45. The number of sulfonamides is 1. The maximum Gasteiger partial charge on any atom is 0.287 e. The molecule has 0 radical (unpaired) electrons. The summed E-state index contributed by atoms with van der Waals surface area (Å²) in [7, 11) is -3.79. The predicted molar refractivity (Wildman–Crippen MR) is 80.9 cm³/mol. The van der Waals surface area contributed by atoms with Gasteiger partial charge in [0, 0.05) is 19.0 Å². The number of alkyl halides is 3. The highest BCUT2D eigenvalue weighted by Crippen LogP contribution is 2.66. The monoisotopic (exact) mass is 367 g/mol. The number of benzene rings is 1. The third-order valence-electron chi connectivity index (χ3n) is 5.10. The fourth-order valence-electron chi connectivity index (χ4n) is 3.49. The van der Waals surface area contributed by atoms with Gasteiger partial charge in [0.25, 0.3) is 5.92 Å². The van der Waals surface area contributed by atoms with Crippen LogP contribution in [-0.4, -0.2) is 37.4 Å². The Hall–Kier alpha value is -0.790. The molecule has 3 nitrogen and oxygen atoms in total. The zero-order valence-corrected chi connectivity index (χ0v) is 14.0. The predicted octanol–water partition coefficient (Wildman–Crippen LogP) is 3.73. The second-order valence-electron chi connectivity index (χ2n) is 6.22. The minimum Gasteiger partial charge on any atom is -0.236 e. The van der Waals surface area contributed by atoms with Crippen LogP contribution in [0.15, 0.2) is 29.2 Å². The van der Waals surface area contributed by atoms with E-state index in [1.165, 1.54) is 23.4 Å². The molecule has 3 rings (SSSR count). The molecular formula is C15H17ClF3NO2S. The standard InChI is InChI=1S/C15H17ClF3NO2S/c1-10-14(17,15(10,18)19)11-6-8-20(9-7-11)23(21,22)13-5-3-2-4-12(13)16/h2-5,10-11H,6-9H2,1H3. The zero-order valence-electron chi connectivity index (χ0n) is 12.5. The Morgan fingerprint density at radius 1 is 1.17 bits per heavy atom. The fourth-order valence-corrected chi connectivity index (χ4v) is 5.46. The largest absolute Gasteiger partial charge is 0.287 e. The van der Waals surface area contributed by atoms with Crippen molar-refractivity contribution in [3.63, 3.8) is 0 Å². The van der Waals surface area contributed by atoms with Crippen molar-refractivity contribution in [2.45, 2.75) is 36.3 Å². The molecular weight excluding hydrogens is 351 g/mol. The third-order valence-corrected chi connectivity index (χ3v) is 7.50. The van der Waals surface area contributed by atoms with E-state index in [0.717, 1.165) is 0 Å². The average Bonchev–Trinajstić information content (AvgIpc) is 2.92. The lowest BCUT2D eigenvalue weighted by molar-refractivity contribution is 0.00176. The van der Waals surface area contributed by atoms with Gasteiger partial charge in [-0.05, 0) is 25.0 Å². The Morgan fingerprint density at radius 2 is 1.70 bits per heavy atom. The molecule has 1 aromatic carbocycles. The van der Waals surface area contributed by atoms with Gasteiger partial charge in [0.2, 0.25) is 10.0 Å². The van der Waals surface area contributed by atoms with Gasteiger partial charge >= 0.3 is 0 Å². The molecule has 0 N–H and O–H groups in total. The Balaban J connectivity index is 1.74. The number of hydrogen-bond acceptors (Lipinski definition) is 2. The van der Waals surface area contributed by atoms with Crippen LogP contribution >= 0.6 is 11.6 Å².